The second-order valence-electron chi connectivity index (χ2n) is 4.81. The van der Waals surface area contributed by atoms with Crippen molar-refractivity contribution in [3.63, 3.8) is 0 Å². The number of aromatic nitrogens is 2. The molecule has 118 valence electrons. The van der Waals surface area contributed by atoms with Gasteiger partial charge in [0.25, 0.3) is 0 Å². The largest absolute Gasteiger partial charge is 0.379 e. The minimum Gasteiger partial charge on any atom is -0.379 e. The highest BCUT2D eigenvalue weighted by molar-refractivity contribution is 8.01. The van der Waals surface area contributed by atoms with Crippen molar-refractivity contribution in [2.24, 2.45) is 0 Å². The van der Waals surface area contributed by atoms with Crippen LogP contribution in [0.1, 0.15) is 0 Å². The summed E-state index contributed by atoms with van der Waals surface area (Å²) in [6.07, 6.45) is 0. The molecule has 0 spiro atoms. The Balaban J connectivity index is 1.46. The van der Waals surface area contributed by atoms with E-state index in [0.29, 0.717) is 5.02 Å². The molecule has 0 radical (unpaired) electrons. The minimum absolute atomic E-state index is 0.703. The van der Waals surface area contributed by atoms with E-state index in [2.05, 4.69) is 20.4 Å². The van der Waals surface area contributed by atoms with Gasteiger partial charge in [0.1, 0.15) is 0 Å². The molecule has 0 saturated carbocycles. The van der Waals surface area contributed by atoms with E-state index in [4.69, 9.17) is 16.3 Å². The molecule has 1 aromatic heterocycles. The van der Waals surface area contributed by atoms with Crippen molar-refractivity contribution in [1.82, 2.24) is 15.1 Å². The van der Waals surface area contributed by atoms with Gasteiger partial charge in [-0.2, -0.15) is 0 Å². The Labute approximate surface area is 143 Å². The fraction of sp³-hybridized carbons (Fsp3) is 0.429. The number of anilines is 2. The monoisotopic (exact) mass is 356 g/mol. The number of hydrogen-bond acceptors (Lipinski definition) is 7. The maximum atomic E-state index is 5.97. The molecule has 8 heteroatoms. The molecule has 2 aromatic rings. The normalized spacial score (nSPS) is 15.9. The lowest BCUT2D eigenvalue weighted by atomic mass is 10.3. The Kier molecular flexibility index (Phi) is 5.91. The number of nitrogens with zero attached hydrogens (tertiary/aromatic N) is 3. The van der Waals surface area contributed by atoms with Crippen molar-refractivity contribution in [2.75, 3.05) is 43.9 Å². The van der Waals surface area contributed by atoms with Gasteiger partial charge in [0.2, 0.25) is 5.13 Å². The van der Waals surface area contributed by atoms with E-state index in [-0.39, 0.29) is 0 Å². The molecule has 1 aromatic carbocycles. The summed E-state index contributed by atoms with van der Waals surface area (Å²) in [6, 6.07) is 7.58. The Morgan fingerprint density at radius 3 is 3.00 bits per heavy atom. The zero-order valence-electron chi connectivity index (χ0n) is 12.0. The highest BCUT2D eigenvalue weighted by Crippen LogP contribution is 2.28. The van der Waals surface area contributed by atoms with Crippen LogP contribution in [0.15, 0.2) is 28.6 Å². The molecule has 0 unspecified atom stereocenters. The van der Waals surface area contributed by atoms with Crippen LogP contribution >= 0.6 is 34.7 Å². The van der Waals surface area contributed by atoms with E-state index in [9.17, 15) is 0 Å². The van der Waals surface area contributed by atoms with Gasteiger partial charge in [0, 0.05) is 36.1 Å². The number of thioether (sulfide) groups is 1. The van der Waals surface area contributed by atoms with Crippen LogP contribution in [-0.4, -0.2) is 53.7 Å². The van der Waals surface area contributed by atoms with Gasteiger partial charge in [-0.15, -0.1) is 10.2 Å². The summed E-state index contributed by atoms with van der Waals surface area (Å²) in [7, 11) is 0. The third kappa shape index (κ3) is 4.82. The second-order valence-corrected chi connectivity index (χ2v) is 7.57. The van der Waals surface area contributed by atoms with Gasteiger partial charge in [-0.1, -0.05) is 40.8 Å². The van der Waals surface area contributed by atoms with Crippen molar-refractivity contribution in [1.29, 1.82) is 0 Å². The predicted octanol–water partition coefficient (Wildman–Crippen LogP) is 3.36. The highest BCUT2D eigenvalue weighted by atomic mass is 35.5. The van der Waals surface area contributed by atoms with E-state index in [1.807, 2.05) is 24.3 Å². The third-order valence-electron chi connectivity index (χ3n) is 3.22. The van der Waals surface area contributed by atoms with Crippen LogP contribution in [-0.2, 0) is 4.74 Å². The third-order valence-corrected chi connectivity index (χ3v) is 5.41. The predicted molar refractivity (Wildman–Crippen MR) is 92.6 cm³/mol. The minimum atomic E-state index is 0.703. The molecule has 1 aliphatic rings. The van der Waals surface area contributed by atoms with Gasteiger partial charge in [0.05, 0.1) is 13.2 Å². The summed E-state index contributed by atoms with van der Waals surface area (Å²) in [5.74, 6) is 1.02. The molecule has 1 aliphatic heterocycles. The SMILES string of the molecule is Clc1cccc(Nc2nnc(SCCN3CCOCC3)s2)c1. The molecule has 0 amide bonds. The summed E-state index contributed by atoms with van der Waals surface area (Å²) < 4.78 is 6.33. The van der Waals surface area contributed by atoms with Crippen LogP contribution < -0.4 is 5.32 Å². The van der Waals surface area contributed by atoms with Crippen LogP contribution in [0.25, 0.3) is 0 Å². The molecule has 22 heavy (non-hydrogen) atoms. The summed E-state index contributed by atoms with van der Waals surface area (Å²) in [5, 5.41) is 13.1. The molecular formula is C14H17ClN4OS2. The molecule has 0 bridgehead atoms. The Hall–Kier alpha value is -0.860. The van der Waals surface area contributed by atoms with Crippen molar-refractivity contribution in [3.8, 4) is 0 Å². The first-order valence-electron chi connectivity index (χ1n) is 7.08. The molecular weight excluding hydrogens is 340 g/mol. The van der Waals surface area contributed by atoms with E-state index in [0.717, 1.165) is 53.8 Å². The zero-order valence-corrected chi connectivity index (χ0v) is 14.4. The van der Waals surface area contributed by atoms with Gasteiger partial charge in [0.15, 0.2) is 4.34 Å². The number of nitrogens with one attached hydrogen (secondary N) is 1. The summed E-state index contributed by atoms with van der Waals surface area (Å²) in [6.45, 7) is 4.80. The standard InChI is InChI=1S/C14H17ClN4OS2/c15-11-2-1-3-12(10-11)16-13-17-18-14(22-13)21-9-6-19-4-7-20-8-5-19/h1-3,10H,4-9H2,(H,16,17). The molecule has 2 heterocycles. The van der Waals surface area contributed by atoms with Crippen LogP contribution in [0, 0.1) is 0 Å². The van der Waals surface area contributed by atoms with E-state index in [1.165, 1.54) is 0 Å². The van der Waals surface area contributed by atoms with E-state index >= 15 is 0 Å². The number of rotatable bonds is 6. The maximum absolute atomic E-state index is 5.97. The van der Waals surface area contributed by atoms with Crippen LogP contribution in [0.4, 0.5) is 10.8 Å². The Bertz CT molecular complexity index is 604. The summed E-state index contributed by atoms with van der Waals surface area (Å²) in [4.78, 5) is 2.42. The van der Waals surface area contributed by atoms with Gasteiger partial charge in [-0.05, 0) is 18.2 Å². The number of ether oxygens (including phenoxy) is 1. The molecule has 1 N–H and O–H groups in total. The smallest absolute Gasteiger partial charge is 0.210 e. The van der Waals surface area contributed by atoms with Crippen molar-refractivity contribution in [2.45, 2.75) is 4.34 Å². The highest BCUT2D eigenvalue weighted by Gasteiger charge is 2.11. The van der Waals surface area contributed by atoms with Crippen LogP contribution in [0.5, 0.6) is 0 Å². The fourth-order valence-electron chi connectivity index (χ4n) is 2.10. The molecule has 0 atom stereocenters. The molecule has 0 aliphatic carbocycles. The number of morpholine rings is 1. The van der Waals surface area contributed by atoms with Crippen LogP contribution in [0.3, 0.4) is 0 Å². The first-order valence-corrected chi connectivity index (χ1v) is 9.26. The lowest BCUT2D eigenvalue weighted by molar-refractivity contribution is 0.0410. The van der Waals surface area contributed by atoms with Gasteiger partial charge < -0.3 is 10.1 Å². The number of hydrogen-bond donors (Lipinski definition) is 1. The maximum Gasteiger partial charge on any atom is 0.210 e. The molecule has 3 rings (SSSR count). The molecule has 5 nitrogen and oxygen atoms in total. The second kappa shape index (κ2) is 8.12. The summed E-state index contributed by atoms with van der Waals surface area (Å²) >= 11 is 9.28. The quantitative estimate of drug-likeness (QED) is 0.801. The average Bonchev–Trinajstić information content (AvgIpc) is 2.96. The summed E-state index contributed by atoms with van der Waals surface area (Å²) in [5.41, 5.74) is 0.925. The lowest BCUT2D eigenvalue weighted by Gasteiger charge is -2.25. The topological polar surface area (TPSA) is 50.3 Å². The molecule has 1 fully saturated rings. The zero-order chi connectivity index (χ0) is 15.2. The van der Waals surface area contributed by atoms with Crippen LogP contribution in [0.2, 0.25) is 5.02 Å². The van der Waals surface area contributed by atoms with E-state index < -0.39 is 0 Å². The van der Waals surface area contributed by atoms with Gasteiger partial charge in [-0.25, -0.2) is 0 Å². The average molecular weight is 357 g/mol. The van der Waals surface area contributed by atoms with Gasteiger partial charge >= 0.3 is 0 Å². The van der Waals surface area contributed by atoms with Crippen molar-refractivity contribution in [3.05, 3.63) is 29.3 Å². The van der Waals surface area contributed by atoms with Crippen molar-refractivity contribution >= 4 is 45.5 Å². The Morgan fingerprint density at radius 1 is 1.32 bits per heavy atom. The van der Waals surface area contributed by atoms with Gasteiger partial charge in [-0.3, -0.25) is 4.90 Å². The van der Waals surface area contributed by atoms with Crippen molar-refractivity contribution < 1.29 is 4.74 Å². The Morgan fingerprint density at radius 2 is 2.18 bits per heavy atom. The first kappa shape index (κ1) is 16.0. The first-order chi connectivity index (χ1) is 10.8. The number of benzene rings is 1. The molecule has 1 saturated heterocycles. The lowest BCUT2D eigenvalue weighted by Crippen LogP contribution is -2.37. The number of halogens is 1. The van der Waals surface area contributed by atoms with E-state index in [1.54, 1.807) is 23.1 Å². The fourth-order valence-corrected chi connectivity index (χ4v) is 4.13.